The van der Waals surface area contributed by atoms with E-state index >= 15 is 0 Å². The second kappa shape index (κ2) is 37.2. The molecule has 0 spiro atoms. The number of hydrogen-bond donors (Lipinski definition) is 9. The lowest BCUT2D eigenvalue weighted by Crippen LogP contribution is -2.67. The number of aliphatic hydroxyl groups is 8. The van der Waals surface area contributed by atoms with Crippen LogP contribution in [-0.4, -0.2) is 151 Å². The average molecular weight is 999 g/mol. The molecule has 0 aromatic rings. The number of carbonyl (C=O) groups excluding carboxylic acids is 2. The number of unbranched alkanes of at least 4 members (excludes halogenated alkanes) is 23. The standard InChI is InChI=1S/C49H91O18P/c1-3-5-7-9-11-13-15-17-19-21-23-25-27-29-31-38(51)62-34-36(64-39(52)32-30-28-26-24-22-20-18-16-14-12-10-8-6-4-2)35-63-68(60,61)67-48-45(58)43(56)42(55)44(57)47(48)66-49-46(59)41(54)40(53)37(33-50)65-49/h19,21,36-37,40-50,53-59H,3-18,20,22-35H2,1-2H3,(H,60,61)/b21-19-. The van der Waals surface area contributed by atoms with E-state index in [2.05, 4.69) is 26.0 Å². The average Bonchev–Trinajstić information content (AvgIpc) is 3.32. The largest absolute Gasteiger partial charge is 0.472 e. The van der Waals surface area contributed by atoms with Gasteiger partial charge < -0.3 is 64.7 Å². The third kappa shape index (κ3) is 25.7. The first-order chi connectivity index (χ1) is 32.7. The molecule has 68 heavy (non-hydrogen) atoms. The first-order valence-corrected chi connectivity index (χ1v) is 27.5. The van der Waals surface area contributed by atoms with Crippen LogP contribution in [0, 0.1) is 0 Å². The van der Waals surface area contributed by atoms with Crippen molar-refractivity contribution in [2.75, 3.05) is 19.8 Å². The van der Waals surface area contributed by atoms with E-state index in [-0.39, 0.29) is 12.8 Å². The highest BCUT2D eigenvalue weighted by atomic mass is 31.2. The zero-order valence-electron chi connectivity index (χ0n) is 41.1. The van der Waals surface area contributed by atoms with Gasteiger partial charge in [-0.2, -0.15) is 0 Å². The van der Waals surface area contributed by atoms with E-state index in [9.17, 15) is 59.9 Å². The molecule has 13 atom stereocenters. The van der Waals surface area contributed by atoms with Gasteiger partial charge in [0.05, 0.1) is 13.2 Å². The predicted molar refractivity (Wildman–Crippen MR) is 254 cm³/mol. The molecule has 0 aromatic carbocycles. The van der Waals surface area contributed by atoms with Crippen LogP contribution in [0.3, 0.4) is 0 Å². The number of rotatable bonds is 40. The Morgan fingerprint density at radius 2 is 0.971 bits per heavy atom. The van der Waals surface area contributed by atoms with E-state index < -0.39 is 113 Å². The molecule has 0 aromatic heterocycles. The molecule has 1 saturated carbocycles. The summed E-state index contributed by atoms with van der Waals surface area (Å²) in [4.78, 5) is 36.5. The molecule has 0 amide bonds. The van der Waals surface area contributed by atoms with Crippen molar-refractivity contribution in [1.82, 2.24) is 0 Å². The van der Waals surface area contributed by atoms with Crippen LogP contribution in [-0.2, 0) is 42.1 Å². The molecule has 18 nitrogen and oxygen atoms in total. The molecule has 2 aliphatic rings. The van der Waals surface area contributed by atoms with Crippen LogP contribution in [0.15, 0.2) is 12.2 Å². The fourth-order valence-electron chi connectivity index (χ4n) is 8.40. The summed E-state index contributed by atoms with van der Waals surface area (Å²) in [6.45, 7) is 2.22. The summed E-state index contributed by atoms with van der Waals surface area (Å²) in [6.07, 6.45) is 10.1. The van der Waals surface area contributed by atoms with Gasteiger partial charge in [0, 0.05) is 12.8 Å². The van der Waals surface area contributed by atoms with E-state index in [4.69, 9.17) is 28.0 Å². The van der Waals surface area contributed by atoms with Gasteiger partial charge in [0.1, 0.15) is 67.6 Å². The van der Waals surface area contributed by atoms with Gasteiger partial charge in [0.25, 0.3) is 0 Å². The number of allylic oxidation sites excluding steroid dienone is 2. The molecule has 19 heteroatoms. The second-order valence-electron chi connectivity index (χ2n) is 18.7. The molecular formula is C49H91O18P. The highest BCUT2D eigenvalue weighted by Crippen LogP contribution is 2.48. The van der Waals surface area contributed by atoms with Crippen LogP contribution < -0.4 is 0 Å². The van der Waals surface area contributed by atoms with Crippen LogP contribution >= 0.6 is 7.82 Å². The molecular weight excluding hydrogens is 907 g/mol. The lowest BCUT2D eigenvalue weighted by Gasteiger charge is -2.47. The number of aliphatic hydroxyl groups excluding tert-OH is 8. The Bertz CT molecular complexity index is 1370. The highest BCUT2D eigenvalue weighted by Gasteiger charge is 2.55. The van der Waals surface area contributed by atoms with Crippen molar-refractivity contribution in [2.45, 2.75) is 267 Å². The summed E-state index contributed by atoms with van der Waals surface area (Å²) in [5.41, 5.74) is 0. The van der Waals surface area contributed by atoms with Gasteiger partial charge in [0.2, 0.25) is 0 Å². The number of phosphoric ester groups is 1. The zero-order chi connectivity index (χ0) is 50.2. The third-order valence-electron chi connectivity index (χ3n) is 12.7. The first kappa shape index (κ1) is 62.5. The van der Waals surface area contributed by atoms with E-state index in [1.54, 1.807) is 0 Å². The number of carbonyl (C=O) groups is 2. The molecule has 1 aliphatic heterocycles. The summed E-state index contributed by atoms with van der Waals surface area (Å²) in [7, 11) is -5.37. The summed E-state index contributed by atoms with van der Waals surface area (Å²) in [5.74, 6) is -1.23. The topological polar surface area (TPSA) is 289 Å². The Morgan fingerprint density at radius 1 is 0.544 bits per heavy atom. The number of phosphoric acid groups is 1. The fourth-order valence-corrected chi connectivity index (χ4v) is 9.37. The van der Waals surface area contributed by atoms with Crippen molar-refractivity contribution < 1.29 is 87.9 Å². The number of hydrogen-bond acceptors (Lipinski definition) is 17. The number of ether oxygens (including phenoxy) is 4. The number of esters is 2. The van der Waals surface area contributed by atoms with Crippen LogP contribution in [0.1, 0.15) is 194 Å². The van der Waals surface area contributed by atoms with Crippen molar-refractivity contribution in [3.63, 3.8) is 0 Å². The molecule has 1 heterocycles. The van der Waals surface area contributed by atoms with E-state index in [1.165, 1.54) is 103 Å². The van der Waals surface area contributed by atoms with Gasteiger partial charge in [-0.15, -0.1) is 0 Å². The summed E-state index contributed by atoms with van der Waals surface area (Å²) < 4.78 is 45.5. The minimum Gasteiger partial charge on any atom is -0.462 e. The maximum absolute atomic E-state index is 13.4. The van der Waals surface area contributed by atoms with E-state index in [0.29, 0.717) is 12.8 Å². The summed E-state index contributed by atoms with van der Waals surface area (Å²) in [5, 5.41) is 82.9. The van der Waals surface area contributed by atoms with Gasteiger partial charge in [-0.3, -0.25) is 18.6 Å². The third-order valence-corrected chi connectivity index (χ3v) is 13.7. The van der Waals surface area contributed by atoms with Crippen LogP contribution in [0.5, 0.6) is 0 Å². The summed E-state index contributed by atoms with van der Waals surface area (Å²) in [6, 6.07) is 0. The monoisotopic (exact) mass is 999 g/mol. The van der Waals surface area contributed by atoms with Crippen LogP contribution in [0.4, 0.5) is 0 Å². The fraction of sp³-hybridized carbons (Fsp3) is 0.918. The Kier molecular flexibility index (Phi) is 34.2. The van der Waals surface area contributed by atoms with Crippen molar-refractivity contribution in [1.29, 1.82) is 0 Å². The molecule has 1 saturated heterocycles. The normalized spacial score (nSPS) is 27.8. The quantitative estimate of drug-likeness (QED) is 0.0145. The maximum atomic E-state index is 13.4. The molecule has 0 radical (unpaired) electrons. The van der Waals surface area contributed by atoms with Gasteiger partial charge in [-0.05, 0) is 38.5 Å². The Morgan fingerprint density at radius 3 is 1.47 bits per heavy atom. The van der Waals surface area contributed by atoms with Gasteiger partial charge in [-0.25, -0.2) is 4.57 Å². The van der Waals surface area contributed by atoms with E-state index in [0.717, 1.165) is 51.4 Å². The van der Waals surface area contributed by atoms with Crippen molar-refractivity contribution in [3.8, 4) is 0 Å². The SMILES string of the molecule is CCCCCCCCC/C=C\CCCCCC(=O)OCC(COP(=O)(O)OC1C(O)C(O)C(O)C(O)C1OC1OC(CO)C(O)C(O)C1O)OC(=O)CCCCCCCCCCCCCCCC. The Balaban J connectivity index is 1.94. The zero-order valence-corrected chi connectivity index (χ0v) is 42.0. The molecule has 13 unspecified atom stereocenters. The molecule has 1 aliphatic carbocycles. The molecule has 2 rings (SSSR count). The first-order valence-electron chi connectivity index (χ1n) is 26.0. The van der Waals surface area contributed by atoms with Gasteiger partial charge in [0.15, 0.2) is 12.4 Å². The van der Waals surface area contributed by atoms with Crippen molar-refractivity contribution in [3.05, 3.63) is 12.2 Å². The lowest BCUT2D eigenvalue weighted by atomic mass is 9.84. The van der Waals surface area contributed by atoms with Crippen molar-refractivity contribution >= 4 is 19.8 Å². The molecule has 9 N–H and O–H groups in total. The molecule has 0 bridgehead atoms. The lowest BCUT2D eigenvalue weighted by molar-refractivity contribution is -0.338. The van der Waals surface area contributed by atoms with Crippen LogP contribution in [0.25, 0.3) is 0 Å². The Labute approximate surface area is 405 Å². The van der Waals surface area contributed by atoms with E-state index in [1.807, 2.05) is 0 Å². The highest BCUT2D eigenvalue weighted by molar-refractivity contribution is 7.47. The van der Waals surface area contributed by atoms with Gasteiger partial charge in [-0.1, -0.05) is 154 Å². The van der Waals surface area contributed by atoms with Crippen molar-refractivity contribution in [2.24, 2.45) is 0 Å². The summed E-state index contributed by atoms with van der Waals surface area (Å²) >= 11 is 0. The molecule has 400 valence electrons. The predicted octanol–water partition coefficient (Wildman–Crippen LogP) is 6.10. The maximum Gasteiger partial charge on any atom is 0.472 e. The van der Waals surface area contributed by atoms with Gasteiger partial charge >= 0.3 is 19.8 Å². The second-order valence-corrected chi connectivity index (χ2v) is 20.1. The minimum absolute atomic E-state index is 0.0343. The minimum atomic E-state index is -5.37. The Hall–Kier alpha value is -1.61. The molecule has 2 fully saturated rings. The van der Waals surface area contributed by atoms with Crippen LogP contribution in [0.2, 0.25) is 0 Å². The smallest absolute Gasteiger partial charge is 0.462 e.